The van der Waals surface area contributed by atoms with Crippen LogP contribution >= 0.6 is 0 Å². The monoisotopic (exact) mass is 249 g/mol. The SMILES string of the molecule is CCc1nc(N)nc(NCCCC2CCCC2)n1. The van der Waals surface area contributed by atoms with Gasteiger partial charge in [-0.3, -0.25) is 0 Å². The maximum Gasteiger partial charge on any atom is 0.227 e. The zero-order chi connectivity index (χ0) is 12.8. The van der Waals surface area contributed by atoms with E-state index in [4.69, 9.17) is 5.73 Å². The van der Waals surface area contributed by atoms with Crippen molar-refractivity contribution >= 4 is 11.9 Å². The highest BCUT2D eigenvalue weighted by atomic mass is 15.2. The molecule has 0 radical (unpaired) electrons. The Hall–Kier alpha value is -1.39. The van der Waals surface area contributed by atoms with Gasteiger partial charge in [0.15, 0.2) is 0 Å². The minimum atomic E-state index is 0.306. The predicted octanol–water partition coefficient (Wildman–Crippen LogP) is 2.40. The number of rotatable bonds is 6. The third-order valence-corrected chi connectivity index (χ3v) is 3.56. The van der Waals surface area contributed by atoms with Gasteiger partial charge in [0.1, 0.15) is 5.82 Å². The number of nitrogen functional groups attached to an aromatic ring is 1. The second kappa shape index (κ2) is 6.52. The topological polar surface area (TPSA) is 76.7 Å². The third-order valence-electron chi connectivity index (χ3n) is 3.56. The fraction of sp³-hybridized carbons (Fsp3) is 0.769. The normalized spacial score (nSPS) is 16.1. The summed E-state index contributed by atoms with van der Waals surface area (Å²) in [6, 6.07) is 0. The molecule has 5 heteroatoms. The molecule has 2 rings (SSSR count). The van der Waals surface area contributed by atoms with E-state index in [0.717, 1.165) is 24.7 Å². The van der Waals surface area contributed by atoms with Gasteiger partial charge in [0.05, 0.1) is 0 Å². The zero-order valence-corrected chi connectivity index (χ0v) is 11.2. The first-order chi connectivity index (χ1) is 8.78. The van der Waals surface area contributed by atoms with Crippen molar-refractivity contribution in [1.29, 1.82) is 0 Å². The Morgan fingerprint density at radius 3 is 2.72 bits per heavy atom. The van der Waals surface area contributed by atoms with Crippen LogP contribution in [0.5, 0.6) is 0 Å². The van der Waals surface area contributed by atoms with Crippen LogP contribution in [-0.2, 0) is 6.42 Å². The molecule has 1 aliphatic rings. The first-order valence-electron chi connectivity index (χ1n) is 7.02. The van der Waals surface area contributed by atoms with Crippen LogP contribution in [0.2, 0.25) is 0 Å². The number of anilines is 2. The summed E-state index contributed by atoms with van der Waals surface area (Å²) >= 11 is 0. The predicted molar refractivity (Wildman–Crippen MR) is 73.3 cm³/mol. The summed E-state index contributed by atoms with van der Waals surface area (Å²) in [5.74, 6) is 2.62. The first-order valence-corrected chi connectivity index (χ1v) is 7.02. The Kier molecular flexibility index (Phi) is 4.73. The molecule has 1 aromatic rings. The highest BCUT2D eigenvalue weighted by Gasteiger charge is 2.14. The number of aromatic nitrogens is 3. The second-order valence-electron chi connectivity index (χ2n) is 5.01. The number of aryl methyl sites for hydroxylation is 1. The Labute approximate surface area is 109 Å². The number of hydrogen-bond acceptors (Lipinski definition) is 5. The van der Waals surface area contributed by atoms with Gasteiger partial charge in [0.25, 0.3) is 0 Å². The standard InChI is InChI=1S/C13H23N5/c1-2-11-16-12(14)18-13(17-11)15-9-5-8-10-6-3-4-7-10/h10H,2-9H2,1H3,(H3,14,15,16,17,18). The van der Waals surface area contributed by atoms with Crippen molar-refractivity contribution in [3.63, 3.8) is 0 Å². The van der Waals surface area contributed by atoms with Gasteiger partial charge in [0.2, 0.25) is 11.9 Å². The van der Waals surface area contributed by atoms with Crippen LogP contribution in [0.3, 0.4) is 0 Å². The summed E-state index contributed by atoms with van der Waals surface area (Å²) in [7, 11) is 0. The van der Waals surface area contributed by atoms with Gasteiger partial charge < -0.3 is 11.1 Å². The van der Waals surface area contributed by atoms with Gasteiger partial charge in [-0.15, -0.1) is 0 Å². The Balaban J connectivity index is 1.73. The molecule has 1 aliphatic carbocycles. The highest BCUT2D eigenvalue weighted by molar-refractivity contribution is 5.30. The van der Waals surface area contributed by atoms with Crippen LogP contribution in [0, 0.1) is 5.92 Å². The summed E-state index contributed by atoms with van der Waals surface area (Å²) in [6.07, 6.45) is 8.94. The molecule has 0 amide bonds. The molecule has 0 unspecified atom stereocenters. The molecule has 1 aromatic heterocycles. The van der Waals surface area contributed by atoms with E-state index in [-0.39, 0.29) is 0 Å². The van der Waals surface area contributed by atoms with Crippen LogP contribution in [0.15, 0.2) is 0 Å². The molecule has 5 nitrogen and oxygen atoms in total. The fourth-order valence-corrected chi connectivity index (χ4v) is 2.57. The van der Waals surface area contributed by atoms with E-state index in [1.807, 2.05) is 6.92 Å². The third kappa shape index (κ3) is 3.82. The lowest BCUT2D eigenvalue weighted by Crippen LogP contribution is -2.11. The van der Waals surface area contributed by atoms with E-state index >= 15 is 0 Å². The summed E-state index contributed by atoms with van der Waals surface area (Å²) in [6.45, 7) is 2.93. The Morgan fingerprint density at radius 2 is 2.00 bits per heavy atom. The largest absolute Gasteiger partial charge is 0.368 e. The second-order valence-corrected chi connectivity index (χ2v) is 5.01. The zero-order valence-electron chi connectivity index (χ0n) is 11.2. The van der Waals surface area contributed by atoms with Crippen LogP contribution in [0.4, 0.5) is 11.9 Å². The quantitative estimate of drug-likeness (QED) is 0.757. The lowest BCUT2D eigenvalue weighted by Gasteiger charge is -2.09. The van der Waals surface area contributed by atoms with Crippen LogP contribution in [0.1, 0.15) is 51.3 Å². The molecule has 3 N–H and O–H groups in total. The van der Waals surface area contributed by atoms with Gasteiger partial charge in [0, 0.05) is 13.0 Å². The smallest absolute Gasteiger partial charge is 0.227 e. The maximum absolute atomic E-state index is 5.64. The average Bonchev–Trinajstić information content (AvgIpc) is 2.87. The van der Waals surface area contributed by atoms with Crippen molar-refractivity contribution in [2.45, 2.75) is 51.9 Å². The molecule has 1 fully saturated rings. The van der Waals surface area contributed by atoms with Gasteiger partial charge >= 0.3 is 0 Å². The van der Waals surface area contributed by atoms with Crippen molar-refractivity contribution in [2.75, 3.05) is 17.6 Å². The van der Waals surface area contributed by atoms with Crippen LogP contribution in [0.25, 0.3) is 0 Å². The van der Waals surface area contributed by atoms with Gasteiger partial charge in [-0.05, 0) is 18.8 Å². The van der Waals surface area contributed by atoms with Gasteiger partial charge in [-0.25, -0.2) is 0 Å². The van der Waals surface area contributed by atoms with Crippen molar-refractivity contribution in [3.8, 4) is 0 Å². The van der Waals surface area contributed by atoms with E-state index in [1.165, 1.54) is 38.5 Å². The molecule has 0 aromatic carbocycles. The molecule has 1 saturated carbocycles. The van der Waals surface area contributed by atoms with Crippen molar-refractivity contribution < 1.29 is 0 Å². The van der Waals surface area contributed by atoms with E-state index in [9.17, 15) is 0 Å². The Morgan fingerprint density at radius 1 is 1.22 bits per heavy atom. The van der Waals surface area contributed by atoms with Gasteiger partial charge in [-0.2, -0.15) is 15.0 Å². The number of hydrogen-bond donors (Lipinski definition) is 2. The molecule has 0 aliphatic heterocycles. The number of nitrogens with one attached hydrogen (secondary N) is 1. The van der Waals surface area contributed by atoms with Crippen molar-refractivity contribution in [2.24, 2.45) is 5.92 Å². The molecular weight excluding hydrogens is 226 g/mol. The molecule has 0 spiro atoms. The molecule has 18 heavy (non-hydrogen) atoms. The molecule has 1 heterocycles. The number of nitrogens with two attached hydrogens (primary N) is 1. The van der Waals surface area contributed by atoms with Crippen LogP contribution < -0.4 is 11.1 Å². The lowest BCUT2D eigenvalue weighted by atomic mass is 10.0. The average molecular weight is 249 g/mol. The Bertz CT molecular complexity index is 374. The molecule has 0 atom stereocenters. The molecule has 100 valence electrons. The minimum Gasteiger partial charge on any atom is -0.368 e. The van der Waals surface area contributed by atoms with Gasteiger partial charge in [-0.1, -0.05) is 32.6 Å². The summed E-state index contributed by atoms with van der Waals surface area (Å²) in [5.41, 5.74) is 5.64. The van der Waals surface area contributed by atoms with Crippen molar-refractivity contribution in [3.05, 3.63) is 5.82 Å². The first kappa shape index (κ1) is 13.1. The van der Waals surface area contributed by atoms with Crippen LogP contribution in [-0.4, -0.2) is 21.5 Å². The molecule has 0 saturated heterocycles. The van der Waals surface area contributed by atoms with Crippen molar-refractivity contribution in [1.82, 2.24) is 15.0 Å². The molecule has 0 bridgehead atoms. The summed E-state index contributed by atoms with van der Waals surface area (Å²) in [4.78, 5) is 12.5. The molecular formula is C13H23N5. The van der Waals surface area contributed by atoms with E-state index in [1.54, 1.807) is 0 Å². The van der Waals surface area contributed by atoms with E-state index < -0.39 is 0 Å². The lowest BCUT2D eigenvalue weighted by molar-refractivity contribution is 0.491. The maximum atomic E-state index is 5.64. The number of nitrogens with zero attached hydrogens (tertiary/aromatic N) is 3. The fourth-order valence-electron chi connectivity index (χ4n) is 2.57. The summed E-state index contributed by atoms with van der Waals surface area (Å²) < 4.78 is 0. The highest BCUT2D eigenvalue weighted by Crippen LogP contribution is 2.28. The summed E-state index contributed by atoms with van der Waals surface area (Å²) in [5, 5.41) is 3.24. The minimum absolute atomic E-state index is 0.306. The van der Waals surface area contributed by atoms with E-state index in [0.29, 0.717) is 11.9 Å². The van der Waals surface area contributed by atoms with E-state index in [2.05, 4.69) is 20.3 Å².